The summed E-state index contributed by atoms with van der Waals surface area (Å²) < 4.78 is 44.3. The minimum absolute atomic E-state index is 0.0411. The van der Waals surface area contributed by atoms with Crippen LogP contribution in [0.2, 0.25) is 0 Å². The maximum absolute atomic E-state index is 12.8. The zero-order valence-corrected chi connectivity index (χ0v) is 13.4. The number of rotatable bonds is 3. The molecule has 2 heterocycles. The van der Waals surface area contributed by atoms with Gasteiger partial charge >= 0.3 is 6.18 Å². The van der Waals surface area contributed by atoms with Gasteiger partial charge in [-0.1, -0.05) is 6.07 Å². The van der Waals surface area contributed by atoms with E-state index < -0.39 is 17.6 Å². The van der Waals surface area contributed by atoms with Gasteiger partial charge in [-0.2, -0.15) is 13.2 Å². The summed E-state index contributed by atoms with van der Waals surface area (Å²) in [4.78, 5) is 18.0. The van der Waals surface area contributed by atoms with Crippen molar-refractivity contribution in [1.82, 2.24) is 9.88 Å². The molecule has 0 radical (unpaired) electrons. The standard InChI is InChI=1S/C18H17F3N2O2/c19-18(20,21)14-4-1-3-13(11-14)17(24)23-10-2-5-16(12-23)25-15-6-8-22-9-7-15/h1,3-4,6-9,11,16H,2,5,10,12H2. The molecule has 1 atom stereocenters. The first-order valence-electron chi connectivity index (χ1n) is 7.97. The van der Waals surface area contributed by atoms with Gasteiger partial charge in [0, 0.05) is 24.5 Å². The van der Waals surface area contributed by atoms with Gasteiger partial charge in [-0.25, -0.2) is 0 Å². The van der Waals surface area contributed by atoms with Crippen molar-refractivity contribution < 1.29 is 22.7 Å². The Kier molecular flexibility index (Phi) is 4.92. The Balaban J connectivity index is 1.70. The molecule has 1 amide bonds. The van der Waals surface area contributed by atoms with Gasteiger partial charge in [0.2, 0.25) is 0 Å². The Morgan fingerprint density at radius 2 is 1.96 bits per heavy atom. The van der Waals surface area contributed by atoms with Crippen LogP contribution in [0.5, 0.6) is 5.75 Å². The maximum atomic E-state index is 12.8. The summed E-state index contributed by atoms with van der Waals surface area (Å²) in [5.74, 6) is 0.252. The molecule has 0 bridgehead atoms. The van der Waals surface area contributed by atoms with E-state index in [1.165, 1.54) is 12.1 Å². The van der Waals surface area contributed by atoms with Crippen molar-refractivity contribution in [3.8, 4) is 5.75 Å². The number of aromatic nitrogens is 1. The summed E-state index contributed by atoms with van der Waals surface area (Å²) >= 11 is 0. The molecule has 7 heteroatoms. The van der Waals surface area contributed by atoms with Crippen LogP contribution in [0.1, 0.15) is 28.8 Å². The van der Waals surface area contributed by atoms with Gasteiger partial charge in [-0.05, 0) is 43.2 Å². The molecule has 1 aliphatic rings. The molecule has 0 spiro atoms. The molecule has 1 aromatic carbocycles. The average molecular weight is 350 g/mol. The third-order valence-corrected chi connectivity index (χ3v) is 4.05. The molecular formula is C18H17F3N2O2. The smallest absolute Gasteiger partial charge is 0.416 e. The van der Waals surface area contributed by atoms with Crippen LogP contribution in [0, 0.1) is 0 Å². The van der Waals surface area contributed by atoms with Crippen LogP contribution < -0.4 is 4.74 Å². The van der Waals surface area contributed by atoms with Crippen LogP contribution in [0.3, 0.4) is 0 Å². The van der Waals surface area contributed by atoms with Crippen LogP contribution in [-0.4, -0.2) is 35.0 Å². The van der Waals surface area contributed by atoms with Crippen LogP contribution >= 0.6 is 0 Å². The van der Waals surface area contributed by atoms with Crippen molar-refractivity contribution >= 4 is 5.91 Å². The minimum atomic E-state index is -4.47. The van der Waals surface area contributed by atoms with E-state index in [9.17, 15) is 18.0 Å². The van der Waals surface area contributed by atoms with Crippen LogP contribution in [0.25, 0.3) is 0 Å². The lowest BCUT2D eigenvalue weighted by molar-refractivity contribution is -0.137. The molecule has 25 heavy (non-hydrogen) atoms. The molecule has 0 N–H and O–H groups in total. The fraction of sp³-hybridized carbons (Fsp3) is 0.333. The predicted molar refractivity (Wildman–Crippen MR) is 85.2 cm³/mol. The fourth-order valence-electron chi connectivity index (χ4n) is 2.84. The number of alkyl halides is 3. The monoisotopic (exact) mass is 350 g/mol. The second-order valence-electron chi connectivity index (χ2n) is 5.89. The Hall–Kier alpha value is -2.57. The first kappa shape index (κ1) is 17.3. The van der Waals surface area contributed by atoms with Gasteiger partial charge in [-0.15, -0.1) is 0 Å². The highest BCUT2D eigenvalue weighted by Gasteiger charge is 2.32. The highest BCUT2D eigenvalue weighted by Crippen LogP contribution is 2.30. The molecule has 1 aromatic heterocycles. The Labute approximate surface area is 143 Å². The van der Waals surface area contributed by atoms with E-state index in [1.54, 1.807) is 29.4 Å². The number of piperidine rings is 1. The zero-order chi connectivity index (χ0) is 17.9. The lowest BCUT2D eigenvalue weighted by atomic mass is 10.0. The van der Waals surface area contributed by atoms with Crippen LogP contribution in [-0.2, 0) is 6.18 Å². The van der Waals surface area contributed by atoms with E-state index in [-0.39, 0.29) is 11.7 Å². The van der Waals surface area contributed by atoms with Crippen LogP contribution in [0.4, 0.5) is 13.2 Å². The molecule has 1 saturated heterocycles. The predicted octanol–water partition coefficient (Wildman–Crippen LogP) is 3.78. The SMILES string of the molecule is O=C(c1cccc(C(F)(F)F)c1)N1CCCC(Oc2ccncc2)C1. The summed E-state index contributed by atoms with van der Waals surface area (Å²) in [5, 5.41) is 0. The number of amides is 1. The molecule has 1 unspecified atom stereocenters. The minimum Gasteiger partial charge on any atom is -0.488 e. The van der Waals surface area contributed by atoms with Crippen molar-refractivity contribution in [2.24, 2.45) is 0 Å². The normalized spacial score (nSPS) is 18.0. The highest BCUT2D eigenvalue weighted by atomic mass is 19.4. The number of carbonyl (C=O) groups excluding carboxylic acids is 1. The molecule has 3 rings (SSSR count). The second kappa shape index (κ2) is 7.13. The molecule has 132 valence electrons. The van der Waals surface area contributed by atoms with Gasteiger partial charge in [0.15, 0.2) is 0 Å². The zero-order valence-electron chi connectivity index (χ0n) is 13.4. The number of likely N-dealkylation sites (tertiary alicyclic amines) is 1. The Morgan fingerprint density at radius 3 is 2.68 bits per heavy atom. The number of ether oxygens (including phenoxy) is 1. The summed E-state index contributed by atoms with van der Waals surface area (Å²) in [5.41, 5.74) is -0.778. The molecular weight excluding hydrogens is 333 g/mol. The summed E-state index contributed by atoms with van der Waals surface area (Å²) in [6, 6.07) is 7.98. The number of nitrogens with zero attached hydrogens (tertiary/aromatic N) is 2. The molecule has 1 aliphatic heterocycles. The quantitative estimate of drug-likeness (QED) is 0.846. The summed E-state index contributed by atoms with van der Waals surface area (Å²) in [7, 11) is 0. The lowest BCUT2D eigenvalue weighted by Gasteiger charge is -2.33. The third kappa shape index (κ3) is 4.29. The van der Waals surface area contributed by atoms with Crippen LogP contribution in [0.15, 0.2) is 48.8 Å². The third-order valence-electron chi connectivity index (χ3n) is 4.05. The van der Waals surface area contributed by atoms with E-state index in [4.69, 9.17) is 4.74 Å². The van der Waals surface area contributed by atoms with Crippen molar-refractivity contribution in [2.45, 2.75) is 25.1 Å². The van der Waals surface area contributed by atoms with E-state index in [1.807, 2.05) is 0 Å². The number of pyridine rings is 1. The second-order valence-corrected chi connectivity index (χ2v) is 5.89. The van der Waals surface area contributed by atoms with E-state index in [2.05, 4.69) is 4.98 Å². The highest BCUT2D eigenvalue weighted by molar-refractivity contribution is 5.94. The van der Waals surface area contributed by atoms with Crippen molar-refractivity contribution in [1.29, 1.82) is 0 Å². The number of halogens is 3. The van der Waals surface area contributed by atoms with Crippen molar-refractivity contribution in [3.63, 3.8) is 0 Å². The van der Waals surface area contributed by atoms with Gasteiger partial charge in [0.25, 0.3) is 5.91 Å². The topological polar surface area (TPSA) is 42.4 Å². The van der Waals surface area contributed by atoms with Gasteiger partial charge in [0.05, 0.1) is 12.1 Å². The number of carbonyl (C=O) groups is 1. The van der Waals surface area contributed by atoms with Gasteiger partial charge in [0.1, 0.15) is 11.9 Å². The Bertz CT molecular complexity index is 735. The molecule has 2 aromatic rings. The van der Waals surface area contributed by atoms with E-state index in [0.717, 1.165) is 25.0 Å². The summed E-state index contributed by atoms with van der Waals surface area (Å²) in [6.45, 7) is 0.850. The number of hydrogen-bond donors (Lipinski definition) is 0. The largest absolute Gasteiger partial charge is 0.488 e. The van der Waals surface area contributed by atoms with Gasteiger partial charge < -0.3 is 9.64 Å². The van der Waals surface area contributed by atoms with E-state index in [0.29, 0.717) is 18.8 Å². The van der Waals surface area contributed by atoms with E-state index >= 15 is 0 Å². The number of benzene rings is 1. The fourth-order valence-corrected chi connectivity index (χ4v) is 2.84. The molecule has 4 nitrogen and oxygen atoms in total. The average Bonchev–Trinajstić information content (AvgIpc) is 2.61. The molecule has 0 aliphatic carbocycles. The maximum Gasteiger partial charge on any atom is 0.416 e. The first-order chi connectivity index (χ1) is 11.9. The van der Waals surface area contributed by atoms with Crippen molar-refractivity contribution in [2.75, 3.05) is 13.1 Å². The van der Waals surface area contributed by atoms with Gasteiger partial charge in [-0.3, -0.25) is 9.78 Å². The molecule has 1 fully saturated rings. The number of hydrogen-bond acceptors (Lipinski definition) is 3. The Morgan fingerprint density at radius 1 is 1.20 bits per heavy atom. The van der Waals surface area contributed by atoms with Crippen molar-refractivity contribution in [3.05, 3.63) is 59.9 Å². The summed E-state index contributed by atoms with van der Waals surface area (Å²) in [6.07, 6.45) is 0.0965. The first-order valence-corrected chi connectivity index (χ1v) is 7.97. The lowest BCUT2D eigenvalue weighted by Crippen LogP contribution is -2.44. The molecule has 0 saturated carbocycles.